The molecule has 0 aliphatic carbocycles. The number of methoxy groups -OCH3 is 2. The van der Waals surface area contributed by atoms with Crippen LogP contribution in [0.15, 0.2) is 24.3 Å². The third-order valence-electron chi connectivity index (χ3n) is 3.21. The van der Waals surface area contributed by atoms with Crippen LogP contribution in [0.25, 0.3) is 0 Å². The Hall–Kier alpha value is -1.81. The van der Waals surface area contributed by atoms with Gasteiger partial charge in [0.1, 0.15) is 0 Å². The maximum absolute atomic E-state index is 12.6. The molecule has 0 saturated heterocycles. The molecule has 0 saturated carbocycles. The van der Waals surface area contributed by atoms with E-state index in [1.54, 1.807) is 31.6 Å². The predicted octanol–water partition coefficient (Wildman–Crippen LogP) is 3.87. The molecule has 0 N–H and O–H groups in total. The van der Waals surface area contributed by atoms with Gasteiger partial charge in [-0.15, -0.1) is 11.3 Å². The summed E-state index contributed by atoms with van der Waals surface area (Å²) in [6, 6.07) is 7.48. The number of rotatable bonds is 5. The Morgan fingerprint density at radius 3 is 2.35 bits per heavy atom. The van der Waals surface area contributed by atoms with E-state index < -0.39 is 0 Å². The Labute approximate surface area is 123 Å². The van der Waals surface area contributed by atoms with Crippen LogP contribution in [0, 0.1) is 6.92 Å². The summed E-state index contributed by atoms with van der Waals surface area (Å²) < 4.78 is 10.5. The summed E-state index contributed by atoms with van der Waals surface area (Å²) in [5.41, 5.74) is 1.55. The van der Waals surface area contributed by atoms with Crippen molar-refractivity contribution in [3.05, 3.63) is 45.1 Å². The van der Waals surface area contributed by atoms with Crippen LogP contribution < -0.4 is 9.47 Å². The van der Waals surface area contributed by atoms with Crippen LogP contribution in [0.5, 0.6) is 11.5 Å². The zero-order chi connectivity index (χ0) is 14.7. The minimum Gasteiger partial charge on any atom is -0.493 e. The Kier molecular flexibility index (Phi) is 4.45. The number of aryl methyl sites for hydroxylation is 2. The molecule has 0 atom stereocenters. The van der Waals surface area contributed by atoms with Gasteiger partial charge in [-0.3, -0.25) is 4.79 Å². The number of hydrogen-bond donors (Lipinski definition) is 0. The van der Waals surface area contributed by atoms with E-state index in [4.69, 9.17) is 9.47 Å². The fourth-order valence-electron chi connectivity index (χ4n) is 2.05. The number of ketones is 1. The van der Waals surface area contributed by atoms with Crippen molar-refractivity contribution in [1.82, 2.24) is 0 Å². The number of carbonyl (C=O) groups is 1. The van der Waals surface area contributed by atoms with Crippen LogP contribution in [0.1, 0.15) is 32.6 Å². The number of thiophene rings is 1. The van der Waals surface area contributed by atoms with Gasteiger partial charge in [0, 0.05) is 10.4 Å². The van der Waals surface area contributed by atoms with E-state index in [9.17, 15) is 4.79 Å². The Morgan fingerprint density at radius 1 is 1.15 bits per heavy atom. The van der Waals surface area contributed by atoms with Crippen molar-refractivity contribution in [3.63, 3.8) is 0 Å². The van der Waals surface area contributed by atoms with E-state index in [2.05, 4.69) is 6.92 Å². The first-order chi connectivity index (χ1) is 9.60. The molecule has 0 aliphatic rings. The Bertz CT molecular complexity index is 629. The van der Waals surface area contributed by atoms with Crippen LogP contribution in [0.4, 0.5) is 0 Å². The highest BCUT2D eigenvalue weighted by molar-refractivity contribution is 7.14. The molecular weight excluding hydrogens is 272 g/mol. The van der Waals surface area contributed by atoms with Crippen LogP contribution in [-0.4, -0.2) is 20.0 Å². The van der Waals surface area contributed by atoms with Gasteiger partial charge in [0.15, 0.2) is 11.5 Å². The molecule has 0 amide bonds. The SMILES string of the molecule is CCc1ccc(C(=O)c2cc(OC)c(OC)cc2C)s1. The highest BCUT2D eigenvalue weighted by atomic mass is 32.1. The largest absolute Gasteiger partial charge is 0.493 e. The molecule has 0 aliphatic heterocycles. The van der Waals surface area contributed by atoms with E-state index in [-0.39, 0.29) is 5.78 Å². The van der Waals surface area contributed by atoms with Gasteiger partial charge in [0.05, 0.1) is 19.1 Å². The second-order valence-corrected chi connectivity index (χ2v) is 5.64. The summed E-state index contributed by atoms with van der Waals surface area (Å²) >= 11 is 1.55. The van der Waals surface area contributed by atoms with Crippen molar-refractivity contribution >= 4 is 17.1 Å². The molecule has 0 fully saturated rings. The second kappa shape index (κ2) is 6.09. The predicted molar refractivity (Wildman–Crippen MR) is 81.4 cm³/mol. The van der Waals surface area contributed by atoms with E-state index in [0.717, 1.165) is 16.9 Å². The lowest BCUT2D eigenvalue weighted by atomic mass is 10.0. The van der Waals surface area contributed by atoms with Crippen LogP contribution in [0.3, 0.4) is 0 Å². The van der Waals surface area contributed by atoms with E-state index in [1.165, 1.54) is 4.88 Å². The first kappa shape index (κ1) is 14.6. The minimum atomic E-state index is 0.0353. The number of hydrogen-bond acceptors (Lipinski definition) is 4. The molecule has 106 valence electrons. The molecule has 20 heavy (non-hydrogen) atoms. The van der Waals surface area contributed by atoms with Crippen molar-refractivity contribution in [2.24, 2.45) is 0 Å². The van der Waals surface area contributed by atoms with Gasteiger partial charge in [0.2, 0.25) is 5.78 Å². The second-order valence-electron chi connectivity index (χ2n) is 4.47. The van der Waals surface area contributed by atoms with E-state index in [0.29, 0.717) is 17.1 Å². The van der Waals surface area contributed by atoms with Gasteiger partial charge in [-0.05, 0) is 43.2 Å². The average molecular weight is 290 g/mol. The first-order valence-corrected chi connectivity index (χ1v) is 7.28. The zero-order valence-electron chi connectivity index (χ0n) is 12.1. The van der Waals surface area contributed by atoms with Gasteiger partial charge in [0.25, 0.3) is 0 Å². The fraction of sp³-hybridized carbons (Fsp3) is 0.312. The lowest BCUT2D eigenvalue weighted by Gasteiger charge is -2.11. The van der Waals surface area contributed by atoms with Gasteiger partial charge < -0.3 is 9.47 Å². The van der Waals surface area contributed by atoms with Crippen LogP contribution in [-0.2, 0) is 6.42 Å². The lowest BCUT2D eigenvalue weighted by molar-refractivity contribution is 0.104. The molecule has 0 spiro atoms. The van der Waals surface area contributed by atoms with Crippen molar-refractivity contribution in [1.29, 1.82) is 0 Å². The highest BCUT2D eigenvalue weighted by Gasteiger charge is 2.17. The van der Waals surface area contributed by atoms with Crippen molar-refractivity contribution in [2.75, 3.05) is 14.2 Å². The molecular formula is C16H18O3S. The average Bonchev–Trinajstić information content (AvgIpc) is 2.95. The summed E-state index contributed by atoms with van der Waals surface area (Å²) in [6.07, 6.45) is 0.947. The van der Waals surface area contributed by atoms with Crippen molar-refractivity contribution in [3.8, 4) is 11.5 Å². The van der Waals surface area contributed by atoms with Crippen LogP contribution >= 0.6 is 11.3 Å². The molecule has 1 aromatic carbocycles. The summed E-state index contributed by atoms with van der Waals surface area (Å²) in [5, 5.41) is 0. The first-order valence-electron chi connectivity index (χ1n) is 6.46. The van der Waals surface area contributed by atoms with Gasteiger partial charge in [-0.2, -0.15) is 0 Å². The molecule has 2 rings (SSSR count). The number of ether oxygens (including phenoxy) is 2. The molecule has 0 unspecified atom stereocenters. The minimum absolute atomic E-state index is 0.0353. The molecule has 1 aromatic heterocycles. The summed E-state index contributed by atoms with van der Waals surface area (Å²) in [5.74, 6) is 1.25. The smallest absolute Gasteiger partial charge is 0.203 e. The summed E-state index contributed by atoms with van der Waals surface area (Å²) in [6.45, 7) is 3.99. The summed E-state index contributed by atoms with van der Waals surface area (Å²) in [7, 11) is 3.16. The molecule has 4 heteroatoms. The van der Waals surface area contributed by atoms with Crippen molar-refractivity contribution in [2.45, 2.75) is 20.3 Å². The maximum atomic E-state index is 12.6. The third-order valence-corrected chi connectivity index (χ3v) is 4.44. The van der Waals surface area contributed by atoms with Gasteiger partial charge in [-0.25, -0.2) is 0 Å². The maximum Gasteiger partial charge on any atom is 0.203 e. The molecule has 0 bridgehead atoms. The Balaban J connectivity index is 2.43. The lowest BCUT2D eigenvalue weighted by Crippen LogP contribution is -2.03. The van der Waals surface area contributed by atoms with E-state index >= 15 is 0 Å². The summed E-state index contributed by atoms with van der Waals surface area (Å²) in [4.78, 5) is 14.6. The van der Waals surface area contributed by atoms with E-state index in [1.807, 2.05) is 25.1 Å². The molecule has 3 nitrogen and oxygen atoms in total. The molecule has 1 heterocycles. The molecule has 0 radical (unpaired) electrons. The van der Waals surface area contributed by atoms with Crippen LogP contribution in [0.2, 0.25) is 0 Å². The number of carbonyl (C=O) groups excluding carboxylic acids is 1. The normalized spacial score (nSPS) is 10.4. The topological polar surface area (TPSA) is 35.5 Å². The highest BCUT2D eigenvalue weighted by Crippen LogP contribution is 2.32. The third kappa shape index (κ3) is 2.70. The number of benzene rings is 1. The van der Waals surface area contributed by atoms with Gasteiger partial charge >= 0.3 is 0 Å². The Morgan fingerprint density at radius 2 is 1.80 bits per heavy atom. The molecule has 2 aromatic rings. The van der Waals surface area contributed by atoms with Gasteiger partial charge in [-0.1, -0.05) is 6.92 Å². The zero-order valence-corrected chi connectivity index (χ0v) is 13.0. The quantitative estimate of drug-likeness (QED) is 0.784. The monoisotopic (exact) mass is 290 g/mol. The van der Waals surface area contributed by atoms with Crippen molar-refractivity contribution < 1.29 is 14.3 Å². The standard InChI is InChI=1S/C16H18O3S/c1-5-11-6-7-15(20-11)16(17)12-9-14(19-4)13(18-3)8-10(12)2/h6-9H,5H2,1-4H3. The fourth-order valence-corrected chi connectivity index (χ4v) is 2.95.